The Bertz CT molecular complexity index is 855. The first kappa shape index (κ1) is 16.1. The third-order valence-corrected chi connectivity index (χ3v) is 5.56. The molecule has 0 saturated heterocycles. The SMILES string of the molecule is Cc1ccc(-c2nc(C3CCCCC3)[nH]c2-c2ccccc2)cc1C. The van der Waals surface area contributed by atoms with E-state index in [4.69, 9.17) is 4.98 Å². The van der Waals surface area contributed by atoms with Gasteiger partial charge in [0.15, 0.2) is 0 Å². The van der Waals surface area contributed by atoms with Gasteiger partial charge in [-0.3, -0.25) is 0 Å². The number of rotatable bonds is 3. The number of aryl methyl sites for hydroxylation is 2. The van der Waals surface area contributed by atoms with Crippen LogP contribution in [0.2, 0.25) is 0 Å². The number of nitrogens with zero attached hydrogens (tertiary/aromatic N) is 1. The Morgan fingerprint density at radius 2 is 1.60 bits per heavy atom. The van der Waals surface area contributed by atoms with Crippen LogP contribution in [0, 0.1) is 13.8 Å². The van der Waals surface area contributed by atoms with Crippen molar-refractivity contribution in [3.63, 3.8) is 0 Å². The molecular weight excluding hydrogens is 304 g/mol. The van der Waals surface area contributed by atoms with Crippen LogP contribution in [-0.4, -0.2) is 9.97 Å². The van der Waals surface area contributed by atoms with Crippen LogP contribution in [0.5, 0.6) is 0 Å². The highest BCUT2D eigenvalue weighted by atomic mass is 14.9. The molecule has 2 nitrogen and oxygen atoms in total. The summed E-state index contributed by atoms with van der Waals surface area (Å²) in [6.45, 7) is 4.34. The second-order valence-electron chi connectivity index (χ2n) is 7.35. The molecule has 1 heterocycles. The summed E-state index contributed by atoms with van der Waals surface area (Å²) in [4.78, 5) is 8.78. The van der Waals surface area contributed by atoms with Crippen LogP contribution in [-0.2, 0) is 0 Å². The van der Waals surface area contributed by atoms with Crippen molar-refractivity contribution in [1.29, 1.82) is 0 Å². The van der Waals surface area contributed by atoms with Crippen LogP contribution in [0.1, 0.15) is 55.0 Å². The van der Waals surface area contributed by atoms with Gasteiger partial charge < -0.3 is 4.98 Å². The number of nitrogens with one attached hydrogen (secondary N) is 1. The maximum absolute atomic E-state index is 5.10. The molecule has 1 aromatic heterocycles. The molecule has 0 radical (unpaired) electrons. The second-order valence-corrected chi connectivity index (χ2v) is 7.35. The molecule has 3 aromatic rings. The Hall–Kier alpha value is -2.35. The molecule has 0 spiro atoms. The maximum atomic E-state index is 5.10. The average molecular weight is 330 g/mol. The van der Waals surface area contributed by atoms with E-state index < -0.39 is 0 Å². The van der Waals surface area contributed by atoms with E-state index in [0.29, 0.717) is 5.92 Å². The van der Waals surface area contributed by atoms with Gasteiger partial charge in [0.1, 0.15) is 5.82 Å². The van der Waals surface area contributed by atoms with Gasteiger partial charge in [0.05, 0.1) is 11.4 Å². The van der Waals surface area contributed by atoms with Crippen molar-refractivity contribution in [3.8, 4) is 22.5 Å². The molecule has 128 valence electrons. The number of aromatic nitrogens is 2. The van der Waals surface area contributed by atoms with E-state index in [9.17, 15) is 0 Å². The lowest BCUT2D eigenvalue weighted by Gasteiger charge is -2.19. The topological polar surface area (TPSA) is 28.7 Å². The van der Waals surface area contributed by atoms with Crippen LogP contribution < -0.4 is 0 Å². The molecule has 4 rings (SSSR count). The quantitative estimate of drug-likeness (QED) is 0.590. The molecule has 0 aliphatic heterocycles. The first-order valence-corrected chi connectivity index (χ1v) is 9.45. The third kappa shape index (κ3) is 3.26. The number of benzene rings is 2. The average Bonchev–Trinajstić information content (AvgIpc) is 3.11. The molecule has 1 aliphatic rings. The van der Waals surface area contributed by atoms with Gasteiger partial charge >= 0.3 is 0 Å². The third-order valence-electron chi connectivity index (χ3n) is 5.56. The minimum Gasteiger partial charge on any atom is -0.341 e. The van der Waals surface area contributed by atoms with Gasteiger partial charge in [-0.2, -0.15) is 0 Å². The van der Waals surface area contributed by atoms with Gasteiger partial charge in [-0.1, -0.05) is 61.7 Å². The van der Waals surface area contributed by atoms with E-state index in [1.165, 1.54) is 60.2 Å². The molecule has 1 N–H and O–H groups in total. The molecule has 0 atom stereocenters. The predicted octanol–water partition coefficient (Wildman–Crippen LogP) is 6.41. The van der Waals surface area contributed by atoms with E-state index in [0.717, 1.165) is 11.4 Å². The van der Waals surface area contributed by atoms with Crippen LogP contribution >= 0.6 is 0 Å². The van der Waals surface area contributed by atoms with Crippen molar-refractivity contribution < 1.29 is 0 Å². The molecule has 0 amide bonds. The maximum Gasteiger partial charge on any atom is 0.110 e. The van der Waals surface area contributed by atoms with Gasteiger partial charge in [0.2, 0.25) is 0 Å². The molecule has 1 aliphatic carbocycles. The lowest BCUT2D eigenvalue weighted by atomic mass is 9.89. The van der Waals surface area contributed by atoms with Gasteiger partial charge in [-0.25, -0.2) is 4.98 Å². The summed E-state index contributed by atoms with van der Waals surface area (Å²) in [5, 5.41) is 0. The number of H-pyrrole nitrogens is 1. The predicted molar refractivity (Wildman–Crippen MR) is 105 cm³/mol. The van der Waals surface area contributed by atoms with Gasteiger partial charge in [-0.15, -0.1) is 0 Å². The highest BCUT2D eigenvalue weighted by Crippen LogP contribution is 2.37. The van der Waals surface area contributed by atoms with Crippen molar-refractivity contribution in [2.75, 3.05) is 0 Å². The lowest BCUT2D eigenvalue weighted by Crippen LogP contribution is -2.06. The zero-order chi connectivity index (χ0) is 17.2. The Morgan fingerprint density at radius 1 is 0.840 bits per heavy atom. The van der Waals surface area contributed by atoms with Crippen molar-refractivity contribution in [1.82, 2.24) is 9.97 Å². The fourth-order valence-corrected chi connectivity index (χ4v) is 3.87. The Kier molecular flexibility index (Phi) is 4.44. The molecule has 2 aromatic carbocycles. The summed E-state index contributed by atoms with van der Waals surface area (Å²) in [6, 6.07) is 17.3. The smallest absolute Gasteiger partial charge is 0.110 e. The van der Waals surface area contributed by atoms with Gasteiger partial charge in [0, 0.05) is 17.0 Å². The fraction of sp³-hybridized carbons (Fsp3) is 0.348. The standard InChI is InChI=1S/C23H26N2/c1-16-13-14-20(15-17(16)2)22-21(18-9-5-3-6-10-18)24-23(25-22)19-11-7-4-8-12-19/h3,5-6,9-10,13-15,19H,4,7-8,11-12H2,1-2H3,(H,24,25). The molecule has 1 fully saturated rings. The fourth-order valence-electron chi connectivity index (χ4n) is 3.87. The number of hydrogen-bond donors (Lipinski definition) is 1. The molecule has 25 heavy (non-hydrogen) atoms. The summed E-state index contributed by atoms with van der Waals surface area (Å²) in [5.41, 5.74) is 7.32. The molecular formula is C23H26N2. The van der Waals surface area contributed by atoms with Gasteiger partial charge in [0.25, 0.3) is 0 Å². The highest BCUT2D eigenvalue weighted by molar-refractivity contribution is 5.79. The highest BCUT2D eigenvalue weighted by Gasteiger charge is 2.22. The molecule has 1 saturated carbocycles. The van der Waals surface area contributed by atoms with Crippen LogP contribution in [0.3, 0.4) is 0 Å². The zero-order valence-corrected chi connectivity index (χ0v) is 15.2. The van der Waals surface area contributed by atoms with Crippen molar-refractivity contribution in [2.45, 2.75) is 51.9 Å². The first-order chi connectivity index (χ1) is 12.2. The van der Waals surface area contributed by atoms with E-state index in [2.05, 4.69) is 67.4 Å². The van der Waals surface area contributed by atoms with E-state index in [-0.39, 0.29) is 0 Å². The zero-order valence-electron chi connectivity index (χ0n) is 15.2. The summed E-state index contributed by atoms with van der Waals surface area (Å²) in [5.74, 6) is 1.75. The van der Waals surface area contributed by atoms with Crippen LogP contribution in [0.25, 0.3) is 22.5 Å². The summed E-state index contributed by atoms with van der Waals surface area (Å²) in [6.07, 6.45) is 6.53. The van der Waals surface area contributed by atoms with E-state index in [1.54, 1.807) is 0 Å². The number of imidazole rings is 1. The Morgan fingerprint density at radius 3 is 2.32 bits per heavy atom. The first-order valence-electron chi connectivity index (χ1n) is 9.45. The molecule has 0 bridgehead atoms. The summed E-state index contributed by atoms with van der Waals surface area (Å²) in [7, 11) is 0. The summed E-state index contributed by atoms with van der Waals surface area (Å²) >= 11 is 0. The number of aromatic amines is 1. The van der Waals surface area contributed by atoms with Crippen LogP contribution in [0.15, 0.2) is 48.5 Å². The van der Waals surface area contributed by atoms with Crippen molar-refractivity contribution in [3.05, 3.63) is 65.5 Å². The van der Waals surface area contributed by atoms with Crippen molar-refractivity contribution in [2.24, 2.45) is 0 Å². The van der Waals surface area contributed by atoms with Crippen molar-refractivity contribution >= 4 is 0 Å². The largest absolute Gasteiger partial charge is 0.341 e. The Balaban J connectivity index is 1.82. The molecule has 2 heteroatoms. The Labute approximate surface area is 150 Å². The van der Waals surface area contributed by atoms with E-state index in [1.807, 2.05) is 0 Å². The summed E-state index contributed by atoms with van der Waals surface area (Å²) < 4.78 is 0. The van der Waals surface area contributed by atoms with Crippen LogP contribution in [0.4, 0.5) is 0 Å². The molecule has 0 unspecified atom stereocenters. The minimum absolute atomic E-state index is 0.580. The minimum atomic E-state index is 0.580. The van der Waals surface area contributed by atoms with E-state index >= 15 is 0 Å². The lowest BCUT2D eigenvalue weighted by molar-refractivity contribution is 0.431. The monoisotopic (exact) mass is 330 g/mol. The second kappa shape index (κ2) is 6.87. The van der Waals surface area contributed by atoms with Gasteiger partial charge in [-0.05, 0) is 43.9 Å². The normalized spacial score (nSPS) is 15.4. The number of hydrogen-bond acceptors (Lipinski definition) is 1.